The van der Waals surface area contributed by atoms with Crippen molar-refractivity contribution in [2.45, 2.75) is 38.9 Å². The molecule has 0 spiro atoms. The number of carbonyl (C=O) groups excluding carboxylic acids is 1. The molecule has 1 aliphatic rings. The summed E-state index contributed by atoms with van der Waals surface area (Å²) in [4.78, 5) is 11.4. The lowest BCUT2D eigenvalue weighted by Crippen LogP contribution is -2.39. The summed E-state index contributed by atoms with van der Waals surface area (Å²) < 4.78 is 42.4. The number of benzene rings is 1. The summed E-state index contributed by atoms with van der Waals surface area (Å²) in [6.45, 7) is 6.45. The van der Waals surface area contributed by atoms with Gasteiger partial charge in [0.2, 0.25) is 0 Å². The Morgan fingerprint density at radius 1 is 1.32 bits per heavy atom. The van der Waals surface area contributed by atoms with E-state index >= 15 is 0 Å². The highest BCUT2D eigenvalue weighted by atomic mass is 19.4. The molecule has 0 amide bonds. The highest BCUT2D eigenvalue weighted by Crippen LogP contribution is 2.36. The molecule has 1 aromatic heterocycles. The van der Waals surface area contributed by atoms with E-state index < -0.39 is 17.5 Å². The van der Waals surface area contributed by atoms with Crippen molar-refractivity contribution in [2.24, 2.45) is 0 Å². The van der Waals surface area contributed by atoms with E-state index in [0.717, 1.165) is 37.6 Å². The summed E-state index contributed by atoms with van der Waals surface area (Å²) in [6.07, 6.45) is -2.34. The molecule has 0 aliphatic carbocycles. The van der Waals surface area contributed by atoms with Gasteiger partial charge >= 0.3 is 6.18 Å². The van der Waals surface area contributed by atoms with Crippen LogP contribution in [-0.4, -0.2) is 59.5 Å². The quantitative estimate of drug-likeness (QED) is 0.683. The molecule has 2 aromatic rings. The summed E-state index contributed by atoms with van der Waals surface area (Å²) in [5, 5.41) is 21.6. The smallest absolute Gasteiger partial charge is 0.416 e. The van der Waals surface area contributed by atoms with Crippen molar-refractivity contribution in [3.63, 3.8) is 0 Å². The number of hydrogen-bond acceptors (Lipinski definition) is 7. The number of phenols is 1. The Morgan fingerprint density at radius 2 is 2.06 bits per heavy atom. The zero-order valence-corrected chi connectivity index (χ0v) is 17.7. The Labute approximate surface area is 179 Å². The van der Waals surface area contributed by atoms with Crippen LogP contribution in [0.4, 0.5) is 19.0 Å². The van der Waals surface area contributed by atoms with Gasteiger partial charge in [-0.15, -0.1) is 10.2 Å². The zero-order chi connectivity index (χ0) is 23.0. The van der Waals surface area contributed by atoms with E-state index in [0.29, 0.717) is 30.7 Å². The lowest BCUT2D eigenvalue weighted by molar-refractivity contribution is -0.137. The van der Waals surface area contributed by atoms with E-state index in [4.69, 9.17) is 0 Å². The number of aromatic hydroxyl groups is 1. The zero-order valence-electron chi connectivity index (χ0n) is 17.7. The molecule has 2 heterocycles. The molecule has 1 saturated heterocycles. The van der Waals surface area contributed by atoms with Crippen LogP contribution in [0.1, 0.15) is 30.9 Å². The minimum atomic E-state index is -4.50. The molecule has 1 unspecified atom stereocenters. The minimum absolute atomic E-state index is 0.229. The average Bonchev–Trinajstić information content (AvgIpc) is 2.69. The van der Waals surface area contributed by atoms with Crippen molar-refractivity contribution in [1.82, 2.24) is 15.1 Å². The Balaban J connectivity index is 0.000000614. The van der Waals surface area contributed by atoms with Gasteiger partial charge in [-0.25, -0.2) is 0 Å². The molecule has 10 heteroatoms. The molecule has 31 heavy (non-hydrogen) atoms. The van der Waals surface area contributed by atoms with Crippen LogP contribution < -0.4 is 5.32 Å². The monoisotopic (exact) mass is 440 g/mol. The Bertz CT molecular complexity index is 877. The Morgan fingerprint density at radius 3 is 2.58 bits per heavy atom. The molecule has 0 saturated carbocycles. The summed E-state index contributed by atoms with van der Waals surface area (Å²) in [5.41, 5.74) is 0.417. The fourth-order valence-electron chi connectivity index (χ4n) is 3.29. The number of likely N-dealkylation sites (N-methyl/N-ethyl adjacent to an activating group) is 1. The van der Waals surface area contributed by atoms with Crippen LogP contribution in [0.25, 0.3) is 11.3 Å². The second kappa shape index (κ2) is 10.9. The van der Waals surface area contributed by atoms with Crippen molar-refractivity contribution in [3.8, 4) is 17.0 Å². The van der Waals surface area contributed by atoms with Gasteiger partial charge in [0.1, 0.15) is 11.6 Å². The molecular formula is C21H27F3N4O3. The van der Waals surface area contributed by atoms with Gasteiger partial charge in [0.05, 0.1) is 17.9 Å². The third-order valence-electron chi connectivity index (χ3n) is 4.78. The number of phenolic OH excluding ortho intramolecular Hbond substituents is 1. The number of nitrogens with zero attached hydrogens (tertiary/aromatic N) is 3. The predicted molar refractivity (Wildman–Crippen MR) is 111 cm³/mol. The lowest BCUT2D eigenvalue weighted by atomic mass is 10.0. The molecule has 0 radical (unpaired) electrons. The van der Waals surface area contributed by atoms with Crippen LogP contribution in [0.2, 0.25) is 0 Å². The van der Waals surface area contributed by atoms with Gasteiger partial charge in [-0.1, -0.05) is 0 Å². The largest absolute Gasteiger partial charge is 0.507 e. The number of alkyl halides is 3. The van der Waals surface area contributed by atoms with Crippen LogP contribution >= 0.6 is 0 Å². The number of rotatable bonds is 5. The van der Waals surface area contributed by atoms with Crippen molar-refractivity contribution >= 4 is 12.3 Å². The van der Waals surface area contributed by atoms with E-state index in [1.165, 1.54) is 6.07 Å². The van der Waals surface area contributed by atoms with E-state index in [1.54, 1.807) is 19.9 Å². The second-order valence-corrected chi connectivity index (χ2v) is 7.29. The fraction of sp³-hybridized carbons (Fsp3) is 0.476. The van der Waals surface area contributed by atoms with Crippen molar-refractivity contribution < 1.29 is 27.8 Å². The number of piperidine rings is 1. The number of halogens is 3. The van der Waals surface area contributed by atoms with Crippen molar-refractivity contribution in [2.75, 3.05) is 32.1 Å². The van der Waals surface area contributed by atoms with Crippen molar-refractivity contribution in [1.29, 1.82) is 0 Å². The number of aryl methyl sites for hydroxylation is 1. The standard InChI is InChI=1S/C18H21F3N4O.C3H6O2/c1-11-8-16(22-13-4-3-7-25(2)10-13)23-24-17(11)14-6-5-12(9-15(14)26)18(19,20)21;1-2-5-3-4/h5-6,8-9,13,26H,3-4,7,10H2,1-2H3,(H,22,23);3H,2H2,1H3. The summed E-state index contributed by atoms with van der Waals surface area (Å²) in [6, 6.07) is 4.94. The fourth-order valence-corrected chi connectivity index (χ4v) is 3.29. The topological polar surface area (TPSA) is 87.6 Å². The first kappa shape index (κ1) is 24.4. The summed E-state index contributed by atoms with van der Waals surface area (Å²) >= 11 is 0. The Hall–Kier alpha value is -2.88. The van der Waals surface area contributed by atoms with Crippen LogP contribution in [0.15, 0.2) is 24.3 Å². The first-order valence-electron chi connectivity index (χ1n) is 9.91. The molecule has 3 rings (SSSR count). The third kappa shape index (κ3) is 7.09. The number of hydrogen-bond donors (Lipinski definition) is 2. The van der Waals surface area contributed by atoms with Gasteiger partial charge in [0.15, 0.2) is 0 Å². The average molecular weight is 440 g/mol. The molecule has 0 bridgehead atoms. The van der Waals surface area contributed by atoms with Gasteiger partial charge < -0.3 is 20.1 Å². The SMILES string of the molecule is CCOC=O.Cc1cc(NC2CCCN(C)C2)nnc1-c1ccc(C(F)(F)F)cc1O. The Kier molecular flexibility index (Phi) is 8.61. The summed E-state index contributed by atoms with van der Waals surface area (Å²) in [5.74, 6) is 0.157. The predicted octanol–water partition coefficient (Wildman–Crippen LogP) is 3.86. The molecule has 1 aromatic carbocycles. The van der Waals surface area contributed by atoms with Crippen LogP contribution in [-0.2, 0) is 15.7 Å². The normalized spacial score (nSPS) is 16.8. The maximum atomic E-state index is 12.7. The number of carbonyl (C=O) groups is 1. The first-order chi connectivity index (χ1) is 14.7. The van der Waals surface area contributed by atoms with Gasteiger partial charge in [0, 0.05) is 18.2 Å². The number of likely N-dealkylation sites (tertiary alicyclic amines) is 1. The van der Waals surface area contributed by atoms with Gasteiger partial charge in [-0.05, 0) is 70.1 Å². The molecule has 2 N–H and O–H groups in total. The number of aromatic nitrogens is 2. The molecular weight excluding hydrogens is 413 g/mol. The highest BCUT2D eigenvalue weighted by molar-refractivity contribution is 5.70. The van der Waals surface area contributed by atoms with E-state index in [2.05, 4.69) is 32.2 Å². The van der Waals surface area contributed by atoms with Gasteiger partial charge in [-0.2, -0.15) is 13.2 Å². The number of nitrogens with one attached hydrogen (secondary N) is 1. The molecule has 7 nitrogen and oxygen atoms in total. The lowest BCUT2D eigenvalue weighted by Gasteiger charge is -2.30. The summed E-state index contributed by atoms with van der Waals surface area (Å²) in [7, 11) is 2.07. The third-order valence-corrected chi connectivity index (χ3v) is 4.78. The van der Waals surface area contributed by atoms with Crippen LogP contribution in [0.5, 0.6) is 5.75 Å². The number of ether oxygens (including phenoxy) is 1. The van der Waals surface area contributed by atoms with Crippen LogP contribution in [0.3, 0.4) is 0 Å². The maximum Gasteiger partial charge on any atom is 0.416 e. The minimum Gasteiger partial charge on any atom is -0.507 e. The molecule has 170 valence electrons. The van der Waals surface area contributed by atoms with E-state index in [-0.39, 0.29) is 11.6 Å². The van der Waals surface area contributed by atoms with Crippen LogP contribution in [0, 0.1) is 6.92 Å². The van der Waals surface area contributed by atoms with Gasteiger partial charge in [0.25, 0.3) is 6.47 Å². The highest BCUT2D eigenvalue weighted by Gasteiger charge is 2.31. The number of anilines is 1. The van der Waals surface area contributed by atoms with E-state index in [1.807, 2.05) is 0 Å². The van der Waals surface area contributed by atoms with E-state index in [9.17, 15) is 23.1 Å². The maximum absolute atomic E-state index is 12.7. The van der Waals surface area contributed by atoms with Crippen molar-refractivity contribution in [3.05, 3.63) is 35.4 Å². The second-order valence-electron chi connectivity index (χ2n) is 7.29. The first-order valence-corrected chi connectivity index (χ1v) is 9.91. The van der Waals surface area contributed by atoms with Gasteiger partial charge in [-0.3, -0.25) is 4.79 Å². The molecule has 1 fully saturated rings. The molecule has 1 aliphatic heterocycles. The molecule has 1 atom stereocenters.